The molecule has 7 heteroatoms. The van der Waals surface area contributed by atoms with Gasteiger partial charge in [0.1, 0.15) is 17.0 Å². The van der Waals surface area contributed by atoms with Crippen molar-refractivity contribution in [2.45, 2.75) is 104 Å². The van der Waals surface area contributed by atoms with E-state index in [-0.39, 0.29) is 36.9 Å². The second-order valence-electron chi connectivity index (χ2n) is 14.1. The number of Topliss-reactive ketones (excluding diaryl/α,β-unsaturated/α-hetero) is 2. The van der Waals surface area contributed by atoms with Crippen molar-refractivity contribution in [3.63, 3.8) is 0 Å². The van der Waals surface area contributed by atoms with Gasteiger partial charge in [-0.2, -0.15) is 0 Å². The van der Waals surface area contributed by atoms with Crippen LogP contribution in [0.3, 0.4) is 0 Å². The number of aliphatic carboxylic acids is 1. The summed E-state index contributed by atoms with van der Waals surface area (Å²) in [5, 5.41) is 45.2. The number of fused-ring (bicyclic) bond motifs is 2. The molecule has 11 atom stereocenters. The Kier molecular flexibility index (Phi) is 5.83. The van der Waals surface area contributed by atoms with E-state index in [9.17, 15) is 34.8 Å². The predicted molar refractivity (Wildman–Crippen MR) is 136 cm³/mol. The van der Waals surface area contributed by atoms with Crippen molar-refractivity contribution in [3.8, 4) is 0 Å². The number of allylic oxidation sites excluding steroid dienone is 1. The number of carboxylic acids is 1. The van der Waals surface area contributed by atoms with Gasteiger partial charge in [0.2, 0.25) is 0 Å². The molecule has 2 spiro atoms. The molecule has 0 radical (unpaired) electrons. The molecule has 0 aromatic rings. The van der Waals surface area contributed by atoms with Crippen LogP contribution < -0.4 is 0 Å². The van der Waals surface area contributed by atoms with E-state index in [1.165, 1.54) is 12.5 Å². The van der Waals surface area contributed by atoms with Crippen molar-refractivity contribution < 1.29 is 34.8 Å². The van der Waals surface area contributed by atoms with Crippen LogP contribution in [0.25, 0.3) is 0 Å². The highest BCUT2D eigenvalue weighted by Crippen LogP contribution is 2.86. The fourth-order valence-corrected chi connectivity index (χ4v) is 10.4. The van der Waals surface area contributed by atoms with Crippen LogP contribution in [0.15, 0.2) is 12.2 Å². The highest BCUT2D eigenvalue weighted by molar-refractivity contribution is 6.04. The molecular weight excluding hydrogens is 472 g/mol. The maximum absolute atomic E-state index is 13.8. The summed E-state index contributed by atoms with van der Waals surface area (Å²) in [6, 6.07) is 0. The Morgan fingerprint density at radius 1 is 1.11 bits per heavy atom. The zero-order valence-corrected chi connectivity index (χ0v) is 22.9. The zero-order valence-electron chi connectivity index (χ0n) is 22.9. The van der Waals surface area contributed by atoms with E-state index < -0.39 is 57.1 Å². The summed E-state index contributed by atoms with van der Waals surface area (Å²) < 4.78 is 0. The second-order valence-corrected chi connectivity index (χ2v) is 14.1. The van der Waals surface area contributed by atoms with Crippen molar-refractivity contribution in [1.82, 2.24) is 0 Å². The predicted octanol–water partition coefficient (Wildman–Crippen LogP) is 3.53. The van der Waals surface area contributed by atoms with E-state index in [0.717, 1.165) is 19.3 Å². The molecule has 0 aromatic carbocycles. The van der Waals surface area contributed by atoms with Crippen LogP contribution in [0.1, 0.15) is 86.0 Å². The number of rotatable bonds is 6. The molecule has 5 aliphatic carbocycles. The van der Waals surface area contributed by atoms with E-state index in [4.69, 9.17) is 0 Å². The summed E-state index contributed by atoms with van der Waals surface area (Å²) in [5.41, 5.74) is -5.25. The number of aliphatic hydroxyl groups excluding tert-OH is 2. The fraction of sp³-hybridized carbons (Fsp3) is 0.833. The molecule has 0 amide bonds. The molecule has 0 saturated heterocycles. The number of aliphatic hydroxyl groups is 3. The van der Waals surface area contributed by atoms with E-state index in [0.29, 0.717) is 24.7 Å². The minimum Gasteiger partial charge on any atom is -0.481 e. The van der Waals surface area contributed by atoms with Crippen molar-refractivity contribution in [2.24, 2.45) is 51.2 Å². The third-order valence-electron chi connectivity index (χ3n) is 12.5. The number of carbonyl (C=O) groups excluding carboxylic acids is 2. The molecule has 5 fully saturated rings. The monoisotopic (exact) mass is 516 g/mol. The van der Waals surface area contributed by atoms with Crippen LogP contribution in [-0.4, -0.2) is 55.8 Å². The average molecular weight is 517 g/mol. The molecule has 5 rings (SSSR count). The Bertz CT molecular complexity index is 1070. The Morgan fingerprint density at radius 2 is 1.76 bits per heavy atom. The smallest absolute Gasteiger partial charge is 0.312 e. The van der Waals surface area contributed by atoms with E-state index in [1.54, 1.807) is 0 Å². The number of carboxylic acid groups (broad SMARTS) is 1. The molecule has 5 aliphatic rings. The van der Waals surface area contributed by atoms with Crippen LogP contribution in [-0.2, 0) is 14.4 Å². The number of hydrogen-bond donors (Lipinski definition) is 4. The average Bonchev–Trinajstić information content (AvgIpc) is 3.39. The van der Waals surface area contributed by atoms with E-state index in [2.05, 4.69) is 34.3 Å². The van der Waals surface area contributed by atoms with Gasteiger partial charge in [-0.3, -0.25) is 14.4 Å². The lowest BCUT2D eigenvalue weighted by molar-refractivity contribution is -0.242. The standard InChI is InChI=1S/C30H44O7/c1-15(2)16(3)7-8-17(4)18-9-10-20-26(18,5)13-23(34)29-14-28(29)22(33)11-21(32)27(6,25(35)36)24(28)19(31)12-30(20,29)37/h15,17-18,20-21,23-24,32,34,37H,3,7-14H2,1-2,4-6H3,(H,35,36)/t17-,18-,20-,21?,23?,24+,26-,27-,28+,29+,30-/m1/s1. The highest BCUT2D eigenvalue weighted by atomic mass is 16.4. The molecule has 0 bridgehead atoms. The van der Waals surface area contributed by atoms with Crippen molar-refractivity contribution in [2.75, 3.05) is 0 Å². The van der Waals surface area contributed by atoms with Crippen LogP contribution in [0.5, 0.6) is 0 Å². The first kappa shape index (κ1) is 27.0. The minimum absolute atomic E-state index is 0.115. The molecule has 0 aromatic heterocycles. The van der Waals surface area contributed by atoms with Gasteiger partial charge >= 0.3 is 5.97 Å². The Hall–Kier alpha value is -1.57. The molecule has 206 valence electrons. The zero-order chi connectivity index (χ0) is 27.5. The van der Waals surface area contributed by atoms with Gasteiger partial charge in [-0.1, -0.05) is 39.8 Å². The molecule has 0 aliphatic heterocycles. The summed E-state index contributed by atoms with van der Waals surface area (Å²) in [7, 11) is 0. The van der Waals surface area contributed by atoms with Crippen molar-refractivity contribution in [3.05, 3.63) is 12.2 Å². The molecule has 4 N–H and O–H groups in total. The third kappa shape index (κ3) is 2.97. The lowest BCUT2D eigenvalue weighted by Gasteiger charge is -2.62. The number of ketones is 2. The Labute approximate surface area is 219 Å². The van der Waals surface area contributed by atoms with Crippen LogP contribution in [0, 0.1) is 51.2 Å². The van der Waals surface area contributed by atoms with Gasteiger partial charge in [-0.05, 0) is 74.5 Å². The number of hydrogen-bond acceptors (Lipinski definition) is 6. The molecular formula is C30H44O7. The van der Waals surface area contributed by atoms with Crippen LogP contribution >= 0.6 is 0 Å². The van der Waals surface area contributed by atoms with E-state index >= 15 is 0 Å². The molecule has 2 unspecified atom stereocenters. The van der Waals surface area contributed by atoms with Gasteiger partial charge in [0.15, 0.2) is 0 Å². The Morgan fingerprint density at radius 3 is 2.35 bits per heavy atom. The molecule has 5 saturated carbocycles. The van der Waals surface area contributed by atoms with Gasteiger partial charge in [0.05, 0.1) is 23.2 Å². The van der Waals surface area contributed by atoms with Crippen LogP contribution in [0.4, 0.5) is 0 Å². The van der Waals surface area contributed by atoms with Gasteiger partial charge in [0, 0.05) is 24.2 Å². The third-order valence-corrected chi connectivity index (χ3v) is 12.5. The topological polar surface area (TPSA) is 132 Å². The maximum atomic E-state index is 13.8. The van der Waals surface area contributed by atoms with E-state index in [1.807, 2.05) is 0 Å². The first-order valence-corrected chi connectivity index (χ1v) is 14.1. The van der Waals surface area contributed by atoms with Gasteiger partial charge in [-0.25, -0.2) is 0 Å². The molecule has 7 nitrogen and oxygen atoms in total. The fourth-order valence-electron chi connectivity index (χ4n) is 10.4. The van der Waals surface area contributed by atoms with Gasteiger partial charge < -0.3 is 20.4 Å². The highest BCUT2D eigenvalue weighted by Gasteiger charge is 2.93. The first-order valence-electron chi connectivity index (χ1n) is 14.1. The Balaban J connectivity index is 1.52. The molecule has 37 heavy (non-hydrogen) atoms. The number of carbonyl (C=O) groups is 3. The molecule has 0 heterocycles. The van der Waals surface area contributed by atoms with Crippen LogP contribution in [0.2, 0.25) is 0 Å². The second kappa shape index (κ2) is 7.98. The van der Waals surface area contributed by atoms with Gasteiger partial charge in [0.25, 0.3) is 0 Å². The van der Waals surface area contributed by atoms with Crippen molar-refractivity contribution >= 4 is 17.5 Å². The van der Waals surface area contributed by atoms with Crippen molar-refractivity contribution in [1.29, 1.82) is 0 Å². The summed E-state index contributed by atoms with van der Waals surface area (Å²) in [6.07, 6.45) is 0.876. The summed E-state index contributed by atoms with van der Waals surface area (Å²) in [6.45, 7) is 14.2. The SMILES string of the molecule is C=C(CC[C@@H](C)[C@H]1CC[C@@H]2[C@]1(C)CC(O)[C@@]13C[C@@]14C(=O)CC(O)[C@@](C)(C(=O)O)[C@@H]4C(=O)C[C@@]23O)C(C)C. The lowest BCUT2D eigenvalue weighted by Crippen LogP contribution is -2.72. The maximum Gasteiger partial charge on any atom is 0.312 e. The first-order chi connectivity index (χ1) is 17.1. The largest absolute Gasteiger partial charge is 0.481 e. The summed E-state index contributed by atoms with van der Waals surface area (Å²) in [4.78, 5) is 39.8. The summed E-state index contributed by atoms with van der Waals surface area (Å²) in [5.74, 6) is -2.64. The summed E-state index contributed by atoms with van der Waals surface area (Å²) >= 11 is 0. The quantitative estimate of drug-likeness (QED) is 0.397. The normalized spacial score (nSPS) is 51.1. The lowest BCUT2D eigenvalue weighted by atomic mass is 9.42. The van der Waals surface area contributed by atoms with Gasteiger partial charge in [-0.15, -0.1) is 0 Å². The minimum atomic E-state index is -1.83.